The van der Waals surface area contributed by atoms with Gasteiger partial charge in [0.05, 0.1) is 23.5 Å². The number of nitro benzene ring substituents is 1. The predicted molar refractivity (Wildman–Crippen MR) is 127 cm³/mol. The summed E-state index contributed by atoms with van der Waals surface area (Å²) in [5.41, 5.74) is 1.29. The van der Waals surface area contributed by atoms with Gasteiger partial charge in [-0.2, -0.15) is 11.8 Å². The summed E-state index contributed by atoms with van der Waals surface area (Å²) in [5, 5.41) is 15.0. The number of nitro groups is 1. The van der Waals surface area contributed by atoms with Gasteiger partial charge in [0.15, 0.2) is 5.78 Å². The minimum absolute atomic E-state index is 0.126. The van der Waals surface area contributed by atoms with E-state index in [1.807, 2.05) is 6.92 Å². The molecular weight excluding hydrogens is 460 g/mol. The number of ketones is 1. The molecule has 0 unspecified atom stereocenters. The van der Waals surface area contributed by atoms with Crippen LogP contribution in [0.1, 0.15) is 38.7 Å². The highest BCUT2D eigenvalue weighted by molar-refractivity contribution is 7.99. The second-order valence-electron chi connectivity index (χ2n) is 8.18. The van der Waals surface area contributed by atoms with E-state index in [1.54, 1.807) is 31.7 Å². The van der Waals surface area contributed by atoms with E-state index in [9.17, 15) is 24.5 Å². The molecule has 2 aliphatic rings. The molecule has 3 rings (SSSR count). The lowest BCUT2D eigenvalue weighted by Crippen LogP contribution is -2.43. The lowest BCUT2D eigenvalue weighted by Gasteiger charge is -2.38. The Bertz CT molecular complexity index is 1080. The molecule has 0 saturated carbocycles. The molecular formula is C24H28N2O7S. The van der Waals surface area contributed by atoms with E-state index in [-0.39, 0.29) is 34.9 Å². The zero-order valence-electron chi connectivity index (χ0n) is 19.6. The topological polar surface area (TPSA) is 125 Å². The Hall–Kier alpha value is -3.14. The number of esters is 2. The summed E-state index contributed by atoms with van der Waals surface area (Å²) in [6.07, 6.45) is 0.352. The van der Waals surface area contributed by atoms with Crippen molar-refractivity contribution in [1.29, 1.82) is 0 Å². The van der Waals surface area contributed by atoms with Crippen LogP contribution in [0.3, 0.4) is 0 Å². The van der Waals surface area contributed by atoms with Crippen molar-refractivity contribution in [3.63, 3.8) is 0 Å². The summed E-state index contributed by atoms with van der Waals surface area (Å²) in [7, 11) is 1.21. The maximum Gasteiger partial charge on any atom is 0.336 e. The number of allylic oxidation sites excluding steroid dienone is 3. The summed E-state index contributed by atoms with van der Waals surface area (Å²) >= 11 is 1.61. The zero-order chi connectivity index (χ0) is 25.0. The molecule has 0 radical (unpaired) electrons. The highest BCUT2D eigenvalue weighted by Gasteiger charge is 2.48. The molecule has 1 aliphatic carbocycles. The van der Waals surface area contributed by atoms with E-state index >= 15 is 0 Å². The first-order chi connectivity index (χ1) is 16.2. The SMILES string of the molecule is CCSCCOC(=O)C1=C(C)NC2=C(C(=O)[C@H](C(=O)OC)[C@H](C)C2)[C@H]1c1ccccc1[N+](=O)[O-]. The summed E-state index contributed by atoms with van der Waals surface area (Å²) in [6, 6.07) is 6.01. The maximum atomic E-state index is 13.7. The molecule has 9 nitrogen and oxygen atoms in total. The van der Waals surface area contributed by atoms with Crippen molar-refractivity contribution in [2.75, 3.05) is 25.2 Å². The Kier molecular flexibility index (Phi) is 8.14. The number of ether oxygens (including phenoxy) is 2. The van der Waals surface area contributed by atoms with Crippen LogP contribution in [0, 0.1) is 22.0 Å². The average Bonchev–Trinajstić information content (AvgIpc) is 2.80. The van der Waals surface area contributed by atoms with Crippen LogP contribution in [-0.4, -0.2) is 47.9 Å². The van der Waals surface area contributed by atoms with Gasteiger partial charge in [0, 0.05) is 34.3 Å². The minimum Gasteiger partial charge on any atom is -0.468 e. The van der Waals surface area contributed by atoms with E-state index in [2.05, 4.69) is 5.32 Å². The van der Waals surface area contributed by atoms with Crippen LogP contribution in [0.5, 0.6) is 0 Å². The third kappa shape index (κ3) is 4.86. The number of methoxy groups -OCH3 is 1. The number of carbonyl (C=O) groups excluding carboxylic acids is 3. The second kappa shape index (κ2) is 10.9. The molecule has 34 heavy (non-hydrogen) atoms. The monoisotopic (exact) mass is 488 g/mol. The van der Waals surface area contributed by atoms with Crippen LogP contribution in [0.25, 0.3) is 0 Å². The molecule has 1 aromatic rings. The number of dihydropyridines is 1. The van der Waals surface area contributed by atoms with Crippen molar-refractivity contribution in [1.82, 2.24) is 5.32 Å². The Balaban J connectivity index is 2.16. The largest absolute Gasteiger partial charge is 0.468 e. The fourth-order valence-corrected chi connectivity index (χ4v) is 5.07. The van der Waals surface area contributed by atoms with E-state index < -0.39 is 34.5 Å². The van der Waals surface area contributed by atoms with Crippen LogP contribution in [0.4, 0.5) is 5.69 Å². The number of para-hydroxylation sites is 1. The summed E-state index contributed by atoms with van der Waals surface area (Å²) < 4.78 is 10.4. The van der Waals surface area contributed by atoms with Crippen LogP contribution < -0.4 is 5.32 Å². The third-order valence-electron chi connectivity index (χ3n) is 6.07. The van der Waals surface area contributed by atoms with Crippen LogP contribution >= 0.6 is 11.8 Å². The van der Waals surface area contributed by atoms with Crippen molar-refractivity contribution in [3.05, 3.63) is 62.5 Å². The highest BCUT2D eigenvalue weighted by Crippen LogP contribution is 2.47. The predicted octanol–water partition coefficient (Wildman–Crippen LogP) is 3.50. The number of hydrogen-bond donors (Lipinski definition) is 1. The molecule has 1 N–H and O–H groups in total. The molecule has 0 fully saturated rings. The van der Waals surface area contributed by atoms with Crippen molar-refractivity contribution in [2.45, 2.75) is 33.1 Å². The van der Waals surface area contributed by atoms with Crippen LogP contribution in [0.2, 0.25) is 0 Å². The highest BCUT2D eigenvalue weighted by atomic mass is 32.2. The Morgan fingerprint density at radius 3 is 2.65 bits per heavy atom. The van der Waals surface area contributed by atoms with Crippen molar-refractivity contribution in [2.24, 2.45) is 11.8 Å². The molecule has 0 bridgehead atoms. The Morgan fingerprint density at radius 2 is 2.00 bits per heavy atom. The van der Waals surface area contributed by atoms with Crippen LogP contribution in [-0.2, 0) is 23.9 Å². The number of rotatable bonds is 8. The number of Topliss-reactive ketones (excluding diaryl/α,β-unsaturated/α-hetero) is 1. The van der Waals surface area contributed by atoms with Crippen molar-refractivity contribution >= 4 is 35.2 Å². The molecule has 0 saturated heterocycles. The molecule has 3 atom stereocenters. The minimum atomic E-state index is -1.06. The van der Waals surface area contributed by atoms with Gasteiger partial charge in [0.2, 0.25) is 0 Å². The van der Waals surface area contributed by atoms with Gasteiger partial charge in [-0.1, -0.05) is 32.0 Å². The first-order valence-electron chi connectivity index (χ1n) is 11.0. The maximum absolute atomic E-state index is 13.7. The van der Waals surface area contributed by atoms with Gasteiger partial charge in [0.1, 0.15) is 12.5 Å². The lowest BCUT2D eigenvalue weighted by atomic mass is 9.69. The smallest absolute Gasteiger partial charge is 0.336 e. The van der Waals surface area contributed by atoms with E-state index in [0.29, 0.717) is 23.6 Å². The Labute approximate surface area is 202 Å². The number of thioether (sulfide) groups is 1. The van der Waals surface area contributed by atoms with Gasteiger partial charge in [-0.05, 0) is 25.0 Å². The van der Waals surface area contributed by atoms with E-state index in [4.69, 9.17) is 9.47 Å². The number of nitrogens with one attached hydrogen (secondary N) is 1. The summed E-state index contributed by atoms with van der Waals surface area (Å²) in [4.78, 5) is 50.7. The van der Waals surface area contributed by atoms with E-state index in [0.717, 1.165) is 5.75 Å². The first kappa shape index (κ1) is 25.5. The molecule has 1 heterocycles. The second-order valence-corrected chi connectivity index (χ2v) is 9.58. The first-order valence-corrected chi connectivity index (χ1v) is 12.2. The quantitative estimate of drug-likeness (QED) is 0.192. The number of nitrogens with zero attached hydrogens (tertiary/aromatic N) is 1. The van der Waals surface area contributed by atoms with Gasteiger partial charge in [-0.15, -0.1) is 0 Å². The third-order valence-corrected chi connectivity index (χ3v) is 6.94. The molecule has 0 amide bonds. The van der Waals surface area contributed by atoms with Crippen molar-refractivity contribution in [3.8, 4) is 0 Å². The molecule has 1 aromatic carbocycles. The number of benzene rings is 1. The number of hydrogen-bond acceptors (Lipinski definition) is 9. The van der Waals surface area contributed by atoms with Crippen LogP contribution in [0.15, 0.2) is 46.8 Å². The fourth-order valence-electron chi connectivity index (χ4n) is 4.58. The Morgan fingerprint density at radius 1 is 1.29 bits per heavy atom. The van der Waals surface area contributed by atoms with Gasteiger partial charge in [0.25, 0.3) is 5.69 Å². The summed E-state index contributed by atoms with van der Waals surface area (Å²) in [6.45, 7) is 5.62. The van der Waals surface area contributed by atoms with Crippen molar-refractivity contribution < 1.29 is 28.8 Å². The van der Waals surface area contributed by atoms with Gasteiger partial charge in [-0.3, -0.25) is 19.7 Å². The van der Waals surface area contributed by atoms with Gasteiger partial charge < -0.3 is 14.8 Å². The average molecular weight is 489 g/mol. The number of carbonyl (C=O) groups is 3. The van der Waals surface area contributed by atoms with Gasteiger partial charge in [-0.25, -0.2) is 4.79 Å². The van der Waals surface area contributed by atoms with E-state index in [1.165, 1.54) is 25.3 Å². The summed E-state index contributed by atoms with van der Waals surface area (Å²) in [5.74, 6) is -2.80. The molecule has 10 heteroatoms. The van der Waals surface area contributed by atoms with Gasteiger partial charge >= 0.3 is 11.9 Å². The molecule has 0 spiro atoms. The normalized spacial score (nSPS) is 22.1. The molecule has 1 aliphatic heterocycles. The standard InChI is InChI=1S/C24H28N2O7S/c1-5-34-11-10-33-24(29)19-14(3)25-16-12-13(2)18(23(28)32-4)22(27)21(16)20(19)15-8-6-7-9-17(15)26(30)31/h6-9,13,18,20,25H,5,10-12H2,1-4H3/t13-,18-,20+/m1/s1. The fraction of sp³-hybridized carbons (Fsp3) is 0.458. The lowest BCUT2D eigenvalue weighted by molar-refractivity contribution is -0.385. The zero-order valence-corrected chi connectivity index (χ0v) is 20.4. The molecule has 0 aromatic heterocycles. The molecule has 182 valence electrons.